The predicted octanol–water partition coefficient (Wildman–Crippen LogP) is 2.53. The van der Waals surface area contributed by atoms with Gasteiger partial charge in [-0.2, -0.15) is 4.98 Å². The van der Waals surface area contributed by atoms with Crippen LogP contribution in [-0.4, -0.2) is 35.7 Å². The molecule has 0 saturated heterocycles. The number of methoxy groups -OCH3 is 1. The molecule has 0 aliphatic heterocycles. The topological polar surface area (TPSA) is 104 Å². The number of carbonyl (C=O) groups excluding carboxylic acids is 2. The lowest BCUT2D eigenvalue weighted by atomic mass is 10.1. The number of hydrogen-bond acceptors (Lipinski definition) is 7. The van der Waals surface area contributed by atoms with E-state index in [2.05, 4.69) is 15.5 Å². The van der Waals surface area contributed by atoms with Gasteiger partial charge in [-0.15, -0.1) is 0 Å². The third-order valence-corrected chi connectivity index (χ3v) is 3.83. The van der Waals surface area contributed by atoms with Crippen LogP contribution in [0.1, 0.15) is 21.8 Å². The van der Waals surface area contributed by atoms with E-state index in [1.807, 2.05) is 19.1 Å². The summed E-state index contributed by atoms with van der Waals surface area (Å²) in [7, 11) is 1.57. The second-order valence-corrected chi connectivity index (χ2v) is 5.96. The summed E-state index contributed by atoms with van der Waals surface area (Å²) < 4.78 is 15.3. The highest BCUT2D eigenvalue weighted by Gasteiger charge is 2.13. The van der Waals surface area contributed by atoms with Gasteiger partial charge in [-0.05, 0) is 31.2 Å². The molecule has 3 rings (SSSR count). The summed E-state index contributed by atoms with van der Waals surface area (Å²) in [6, 6.07) is 14.3. The van der Waals surface area contributed by atoms with Crippen LogP contribution in [0.4, 0.5) is 0 Å². The molecule has 1 aromatic heterocycles. The van der Waals surface area contributed by atoms with Crippen LogP contribution < -0.4 is 10.1 Å². The van der Waals surface area contributed by atoms with Crippen molar-refractivity contribution in [2.45, 2.75) is 13.5 Å². The zero-order chi connectivity index (χ0) is 19.9. The summed E-state index contributed by atoms with van der Waals surface area (Å²) in [4.78, 5) is 28.0. The molecule has 0 fully saturated rings. The Kier molecular flexibility index (Phi) is 6.01. The Morgan fingerprint density at radius 1 is 1.14 bits per heavy atom. The van der Waals surface area contributed by atoms with Crippen molar-refractivity contribution in [3.8, 4) is 17.1 Å². The van der Waals surface area contributed by atoms with Crippen LogP contribution in [0.3, 0.4) is 0 Å². The quantitative estimate of drug-likeness (QED) is 0.627. The maximum absolute atomic E-state index is 12.0. The Morgan fingerprint density at radius 2 is 1.96 bits per heavy atom. The van der Waals surface area contributed by atoms with Gasteiger partial charge in [-0.1, -0.05) is 35.0 Å². The van der Waals surface area contributed by atoms with Crippen molar-refractivity contribution in [3.63, 3.8) is 0 Å². The largest absolute Gasteiger partial charge is 0.497 e. The monoisotopic (exact) mass is 381 g/mol. The summed E-state index contributed by atoms with van der Waals surface area (Å²) in [5.41, 5.74) is 2.15. The van der Waals surface area contributed by atoms with Crippen LogP contribution >= 0.6 is 0 Å². The zero-order valence-electron chi connectivity index (χ0n) is 15.5. The summed E-state index contributed by atoms with van der Waals surface area (Å²) in [5.74, 6) is 0.217. The molecule has 0 saturated carbocycles. The molecule has 0 aliphatic carbocycles. The van der Waals surface area contributed by atoms with Crippen molar-refractivity contribution in [1.82, 2.24) is 15.5 Å². The molecule has 1 N–H and O–H groups in total. The molecular formula is C20H19N3O5. The van der Waals surface area contributed by atoms with E-state index in [1.165, 1.54) is 0 Å². The number of aromatic nitrogens is 2. The van der Waals surface area contributed by atoms with Crippen LogP contribution in [0.15, 0.2) is 53.1 Å². The number of carbonyl (C=O) groups is 2. The molecule has 0 aliphatic rings. The molecule has 0 radical (unpaired) electrons. The minimum Gasteiger partial charge on any atom is -0.497 e. The number of hydrogen-bond donors (Lipinski definition) is 1. The summed E-state index contributed by atoms with van der Waals surface area (Å²) in [5, 5.41) is 6.37. The SMILES string of the molecule is COc1cccc(-c2noc(COC(=O)CNC(=O)c3cccc(C)c3)n2)c1. The molecule has 8 heteroatoms. The number of nitrogens with zero attached hydrogens (tertiary/aromatic N) is 2. The Bertz CT molecular complexity index is 983. The highest BCUT2D eigenvalue weighted by molar-refractivity contribution is 5.96. The zero-order valence-corrected chi connectivity index (χ0v) is 15.5. The van der Waals surface area contributed by atoms with Crippen LogP contribution in [0.2, 0.25) is 0 Å². The van der Waals surface area contributed by atoms with Gasteiger partial charge in [0.15, 0.2) is 6.61 Å². The molecule has 3 aromatic rings. The lowest BCUT2D eigenvalue weighted by Gasteiger charge is -2.05. The van der Waals surface area contributed by atoms with E-state index in [-0.39, 0.29) is 24.9 Å². The number of benzene rings is 2. The molecule has 8 nitrogen and oxygen atoms in total. The van der Waals surface area contributed by atoms with Crippen molar-refractivity contribution in [1.29, 1.82) is 0 Å². The second kappa shape index (κ2) is 8.81. The van der Waals surface area contributed by atoms with Crippen molar-refractivity contribution in [2.24, 2.45) is 0 Å². The van der Waals surface area contributed by atoms with E-state index < -0.39 is 5.97 Å². The fraction of sp³-hybridized carbons (Fsp3) is 0.200. The first-order chi connectivity index (χ1) is 13.5. The minimum atomic E-state index is -0.609. The number of rotatable bonds is 7. The lowest BCUT2D eigenvalue weighted by molar-refractivity contribution is -0.144. The smallest absolute Gasteiger partial charge is 0.325 e. The minimum absolute atomic E-state index is 0.149. The third kappa shape index (κ3) is 4.94. The average molecular weight is 381 g/mol. The van der Waals surface area contributed by atoms with Gasteiger partial charge in [0, 0.05) is 11.1 Å². The van der Waals surface area contributed by atoms with Crippen molar-refractivity contribution in [3.05, 3.63) is 65.5 Å². The molecule has 2 aromatic carbocycles. The van der Waals surface area contributed by atoms with Crippen LogP contribution in [-0.2, 0) is 16.1 Å². The van der Waals surface area contributed by atoms with Crippen LogP contribution in [0.5, 0.6) is 5.75 Å². The van der Waals surface area contributed by atoms with Crippen LogP contribution in [0, 0.1) is 6.92 Å². The number of esters is 1. The summed E-state index contributed by atoms with van der Waals surface area (Å²) >= 11 is 0. The van der Waals surface area contributed by atoms with Crippen molar-refractivity contribution < 1.29 is 23.6 Å². The normalized spacial score (nSPS) is 10.4. The predicted molar refractivity (Wildman–Crippen MR) is 99.6 cm³/mol. The first-order valence-corrected chi connectivity index (χ1v) is 8.52. The van der Waals surface area contributed by atoms with Gasteiger partial charge in [0.25, 0.3) is 11.8 Å². The maximum Gasteiger partial charge on any atom is 0.325 e. The lowest BCUT2D eigenvalue weighted by Crippen LogP contribution is -2.30. The van der Waals surface area contributed by atoms with E-state index in [1.54, 1.807) is 43.5 Å². The fourth-order valence-corrected chi connectivity index (χ4v) is 2.43. The Hall–Kier alpha value is -3.68. The number of nitrogens with one attached hydrogen (secondary N) is 1. The number of amides is 1. The van der Waals surface area contributed by atoms with E-state index in [4.69, 9.17) is 14.0 Å². The molecule has 0 atom stereocenters. The van der Waals surface area contributed by atoms with Crippen molar-refractivity contribution in [2.75, 3.05) is 13.7 Å². The standard InChI is InChI=1S/C20H19N3O5/c1-13-5-3-7-15(9-13)20(25)21-11-18(24)27-12-17-22-19(23-28-17)14-6-4-8-16(10-14)26-2/h3-10H,11-12H2,1-2H3,(H,21,25). The molecule has 144 valence electrons. The highest BCUT2D eigenvalue weighted by atomic mass is 16.6. The molecule has 1 amide bonds. The van der Waals surface area contributed by atoms with Crippen LogP contribution in [0.25, 0.3) is 11.4 Å². The number of aryl methyl sites for hydroxylation is 1. The Labute approximate surface area is 161 Å². The average Bonchev–Trinajstić information content (AvgIpc) is 3.19. The van der Waals surface area contributed by atoms with Crippen molar-refractivity contribution >= 4 is 11.9 Å². The molecular weight excluding hydrogens is 362 g/mol. The first-order valence-electron chi connectivity index (χ1n) is 8.52. The van der Waals surface area contributed by atoms with Gasteiger partial charge < -0.3 is 19.3 Å². The van der Waals surface area contributed by atoms with E-state index >= 15 is 0 Å². The van der Waals surface area contributed by atoms with Gasteiger partial charge in [-0.3, -0.25) is 9.59 Å². The second-order valence-electron chi connectivity index (χ2n) is 5.96. The van der Waals surface area contributed by atoms with Gasteiger partial charge in [0.05, 0.1) is 7.11 Å². The van der Waals surface area contributed by atoms with Gasteiger partial charge in [0.1, 0.15) is 12.3 Å². The van der Waals surface area contributed by atoms with E-state index in [9.17, 15) is 9.59 Å². The number of ether oxygens (including phenoxy) is 2. The molecule has 0 unspecified atom stereocenters. The van der Waals surface area contributed by atoms with Gasteiger partial charge >= 0.3 is 5.97 Å². The van der Waals surface area contributed by atoms with Gasteiger partial charge in [-0.25, -0.2) is 0 Å². The Morgan fingerprint density at radius 3 is 2.75 bits per heavy atom. The molecule has 0 spiro atoms. The molecule has 0 bridgehead atoms. The molecule has 28 heavy (non-hydrogen) atoms. The van der Waals surface area contributed by atoms with E-state index in [0.717, 1.165) is 5.56 Å². The van der Waals surface area contributed by atoms with Gasteiger partial charge in [0.2, 0.25) is 5.82 Å². The Balaban J connectivity index is 1.50. The molecule has 1 heterocycles. The fourth-order valence-electron chi connectivity index (χ4n) is 2.43. The third-order valence-electron chi connectivity index (χ3n) is 3.83. The highest BCUT2D eigenvalue weighted by Crippen LogP contribution is 2.21. The summed E-state index contributed by atoms with van der Waals surface area (Å²) in [6.45, 7) is 1.44. The maximum atomic E-state index is 12.0. The summed E-state index contributed by atoms with van der Waals surface area (Å²) in [6.07, 6.45) is 0. The first kappa shape index (κ1) is 19.1. The van der Waals surface area contributed by atoms with E-state index in [0.29, 0.717) is 22.7 Å².